The van der Waals surface area contributed by atoms with Crippen molar-refractivity contribution in [1.82, 2.24) is 9.62 Å². The van der Waals surface area contributed by atoms with Crippen LogP contribution in [0.4, 0.5) is 0 Å². The van der Waals surface area contributed by atoms with Gasteiger partial charge in [0.15, 0.2) is 0 Å². The third-order valence-electron chi connectivity index (χ3n) is 4.84. The summed E-state index contributed by atoms with van der Waals surface area (Å²) >= 11 is 12.0. The molecule has 1 N–H and O–H groups in total. The normalized spacial score (nSPS) is 21.3. The standard InChI is InChI=1S/C18H21Cl2N3O5S/c1-18(10-15(22-28-18)11-7-12(19)9-13(20)8-11)17(25)21-6-5-16(24)23(2)29(26,27)14-3-4-14/h7-9,14H,3-6,10H2,1-2H3,(H,21,25). The molecule has 3 rings (SSSR count). The summed E-state index contributed by atoms with van der Waals surface area (Å²) in [6.45, 7) is 1.57. The Kier molecular flexibility index (Phi) is 6.12. The van der Waals surface area contributed by atoms with E-state index in [0.29, 0.717) is 34.2 Å². The highest BCUT2D eigenvalue weighted by Crippen LogP contribution is 2.31. The van der Waals surface area contributed by atoms with Gasteiger partial charge in [-0.1, -0.05) is 28.4 Å². The van der Waals surface area contributed by atoms with E-state index in [2.05, 4.69) is 10.5 Å². The molecule has 0 saturated heterocycles. The van der Waals surface area contributed by atoms with Gasteiger partial charge in [-0.15, -0.1) is 0 Å². The predicted octanol–water partition coefficient (Wildman–Crippen LogP) is 2.33. The van der Waals surface area contributed by atoms with Crippen molar-refractivity contribution in [2.24, 2.45) is 5.16 Å². The van der Waals surface area contributed by atoms with Gasteiger partial charge >= 0.3 is 0 Å². The van der Waals surface area contributed by atoms with Crippen molar-refractivity contribution in [3.05, 3.63) is 33.8 Å². The topological polar surface area (TPSA) is 105 Å². The second-order valence-electron chi connectivity index (χ2n) is 7.31. The second-order valence-corrected chi connectivity index (χ2v) is 10.4. The summed E-state index contributed by atoms with van der Waals surface area (Å²) in [6.07, 6.45) is 1.21. The molecule has 1 aliphatic heterocycles. The predicted molar refractivity (Wildman–Crippen MR) is 109 cm³/mol. The lowest BCUT2D eigenvalue weighted by molar-refractivity contribution is -0.141. The molecular formula is C18H21Cl2N3O5S. The van der Waals surface area contributed by atoms with E-state index in [1.165, 1.54) is 7.05 Å². The molecule has 8 nitrogen and oxygen atoms in total. The largest absolute Gasteiger partial charge is 0.379 e. The summed E-state index contributed by atoms with van der Waals surface area (Å²) in [4.78, 5) is 30.0. The van der Waals surface area contributed by atoms with Crippen LogP contribution in [0.5, 0.6) is 0 Å². The van der Waals surface area contributed by atoms with Gasteiger partial charge in [0.2, 0.25) is 21.5 Å². The van der Waals surface area contributed by atoms with Gasteiger partial charge in [0, 0.05) is 42.0 Å². The quantitative estimate of drug-likeness (QED) is 0.670. The molecule has 2 aliphatic rings. The summed E-state index contributed by atoms with van der Waals surface area (Å²) in [5.41, 5.74) is -0.0707. The molecule has 158 valence electrons. The molecule has 1 unspecified atom stereocenters. The minimum absolute atomic E-state index is 0.0144. The Labute approximate surface area is 179 Å². The average Bonchev–Trinajstić information content (AvgIpc) is 3.43. The lowest BCUT2D eigenvalue weighted by Gasteiger charge is -2.21. The molecule has 29 heavy (non-hydrogen) atoms. The lowest BCUT2D eigenvalue weighted by Crippen LogP contribution is -2.46. The summed E-state index contributed by atoms with van der Waals surface area (Å²) in [5, 5.41) is 7.00. The van der Waals surface area contributed by atoms with Crippen LogP contribution in [0.15, 0.2) is 23.4 Å². The fourth-order valence-corrected chi connectivity index (χ4v) is 4.98. The van der Waals surface area contributed by atoms with Crippen LogP contribution >= 0.6 is 23.2 Å². The van der Waals surface area contributed by atoms with Gasteiger partial charge in [0.1, 0.15) is 0 Å². The molecule has 1 aromatic carbocycles. The Morgan fingerprint density at radius 2 is 1.90 bits per heavy atom. The summed E-state index contributed by atoms with van der Waals surface area (Å²) < 4.78 is 24.9. The number of halogens is 2. The van der Waals surface area contributed by atoms with Gasteiger partial charge in [-0.05, 0) is 38.0 Å². The van der Waals surface area contributed by atoms with Gasteiger partial charge < -0.3 is 10.2 Å². The van der Waals surface area contributed by atoms with Crippen LogP contribution in [0.2, 0.25) is 10.0 Å². The van der Waals surface area contributed by atoms with Crippen LogP contribution in [-0.2, 0) is 24.4 Å². The second kappa shape index (κ2) is 8.12. The SMILES string of the molecule is CN(C(=O)CCNC(=O)C1(C)CC(c2cc(Cl)cc(Cl)c2)=NO1)S(=O)(=O)C1CC1. The zero-order chi connectivity index (χ0) is 21.4. The van der Waals surface area contributed by atoms with Crippen LogP contribution in [0.1, 0.15) is 38.2 Å². The first kappa shape index (κ1) is 21.9. The number of benzene rings is 1. The number of hydrogen-bond acceptors (Lipinski definition) is 6. The van der Waals surface area contributed by atoms with Crippen molar-refractivity contribution in [3.8, 4) is 0 Å². The number of nitrogens with one attached hydrogen (secondary N) is 1. The Morgan fingerprint density at radius 3 is 2.48 bits per heavy atom. The van der Waals surface area contributed by atoms with Gasteiger partial charge in [0.25, 0.3) is 5.91 Å². The van der Waals surface area contributed by atoms with Gasteiger partial charge in [-0.25, -0.2) is 12.7 Å². The molecule has 1 fully saturated rings. The monoisotopic (exact) mass is 461 g/mol. The van der Waals surface area contributed by atoms with E-state index in [4.69, 9.17) is 28.0 Å². The molecule has 2 amide bonds. The number of oxime groups is 1. The molecule has 0 bridgehead atoms. The minimum atomic E-state index is -3.58. The highest BCUT2D eigenvalue weighted by atomic mass is 35.5. The molecule has 1 atom stereocenters. The van der Waals surface area contributed by atoms with Crippen LogP contribution in [0.25, 0.3) is 0 Å². The highest BCUT2D eigenvalue weighted by molar-refractivity contribution is 7.90. The molecule has 1 aromatic rings. The molecule has 1 heterocycles. The number of hydrogen-bond donors (Lipinski definition) is 1. The van der Waals surface area contributed by atoms with E-state index < -0.39 is 32.7 Å². The maximum atomic E-state index is 12.5. The molecular weight excluding hydrogens is 441 g/mol. The van der Waals surface area contributed by atoms with E-state index in [9.17, 15) is 18.0 Å². The summed E-state index contributed by atoms with van der Waals surface area (Å²) in [5.74, 6) is -1.02. The van der Waals surface area contributed by atoms with Crippen molar-refractivity contribution in [2.75, 3.05) is 13.6 Å². The number of sulfonamides is 1. The van der Waals surface area contributed by atoms with Crippen LogP contribution in [0.3, 0.4) is 0 Å². The van der Waals surface area contributed by atoms with Gasteiger partial charge in [0.05, 0.1) is 11.0 Å². The molecule has 11 heteroatoms. The number of carbonyl (C=O) groups excluding carboxylic acids is 2. The van der Waals surface area contributed by atoms with Crippen LogP contribution in [0, 0.1) is 0 Å². The third-order valence-corrected chi connectivity index (χ3v) is 7.56. The maximum absolute atomic E-state index is 12.5. The number of amides is 2. The Balaban J connectivity index is 1.53. The van der Waals surface area contributed by atoms with E-state index in [-0.39, 0.29) is 19.4 Å². The van der Waals surface area contributed by atoms with Crippen molar-refractivity contribution in [3.63, 3.8) is 0 Å². The van der Waals surface area contributed by atoms with Crippen molar-refractivity contribution < 1.29 is 22.8 Å². The maximum Gasteiger partial charge on any atom is 0.267 e. The highest BCUT2D eigenvalue weighted by Gasteiger charge is 2.43. The molecule has 0 spiro atoms. The minimum Gasteiger partial charge on any atom is -0.379 e. The van der Waals surface area contributed by atoms with Crippen LogP contribution < -0.4 is 5.32 Å². The smallest absolute Gasteiger partial charge is 0.267 e. The Morgan fingerprint density at radius 1 is 1.28 bits per heavy atom. The van der Waals surface area contributed by atoms with Crippen molar-refractivity contribution >= 4 is 50.8 Å². The summed E-state index contributed by atoms with van der Waals surface area (Å²) in [7, 11) is -2.34. The summed E-state index contributed by atoms with van der Waals surface area (Å²) in [6, 6.07) is 4.94. The van der Waals surface area contributed by atoms with E-state index >= 15 is 0 Å². The van der Waals surface area contributed by atoms with Crippen LogP contribution in [-0.4, -0.2) is 54.7 Å². The first-order valence-corrected chi connectivity index (χ1v) is 11.3. The third kappa shape index (κ3) is 4.84. The lowest BCUT2D eigenvalue weighted by atomic mass is 9.95. The van der Waals surface area contributed by atoms with Gasteiger partial charge in [-0.2, -0.15) is 0 Å². The Bertz CT molecular complexity index is 957. The van der Waals surface area contributed by atoms with E-state index in [0.717, 1.165) is 4.31 Å². The molecule has 1 aliphatic carbocycles. The fraction of sp³-hybridized carbons (Fsp3) is 0.500. The first-order chi connectivity index (χ1) is 13.5. The fourth-order valence-electron chi connectivity index (χ4n) is 2.90. The number of rotatable bonds is 7. The van der Waals surface area contributed by atoms with Crippen molar-refractivity contribution in [1.29, 1.82) is 0 Å². The van der Waals surface area contributed by atoms with E-state index in [1.54, 1.807) is 25.1 Å². The molecule has 0 aromatic heterocycles. The molecule has 0 radical (unpaired) electrons. The zero-order valence-electron chi connectivity index (χ0n) is 15.9. The zero-order valence-corrected chi connectivity index (χ0v) is 18.3. The van der Waals surface area contributed by atoms with E-state index in [1.807, 2.05) is 0 Å². The number of carbonyl (C=O) groups is 2. The van der Waals surface area contributed by atoms with Crippen molar-refractivity contribution in [2.45, 2.75) is 43.5 Å². The average molecular weight is 462 g/mol. The Hall–Kier alpha value is -1.84. The molecule has 1 saturated carbocycles. The number of nitrogens with zero attached hydrogens (tertiary/aromatic N) is 2. The first-order valence-electron chi connectivity index (χ1n) is 9.03. The van der Waals surface area contributed by atoms with Gasteiger partial charge in [-0.3, -0.25) is 9.59 Å².